The molecule has 0 spiro atoms. The number of benzene rings is 1. The van der Waals surface area contributed by atoms with Crippen molar-refractivity contribution >= 4 is 48.9 Å². The second-order valence-corrected chi connectivity index (χ2v) is 5.54. The molecule has 0 heterocycles. The Hall–Kier alpha value is -1.22. The van der Waals surface area contributed by atoms with E-state index in [1.165, 1.54) is 19.1 Å². The molecule has 0 radical (unpaired) electrons. The topological polar surface area (TPSA) is 89.5 Å². The highest BCUT2D eigenvalue weighted by atomic mass is 79.9. The van der Waals surface area contributed by atoms with Crippen molar-refractivity contribution < 1.29 is 9.85 Å². The molecule has 9 heteroatoms. The Morgan fingerprint density at radius 1 is 1.10 bits per heavy atom. The molecule has 0 aliphatic rings. The maximum atomic E-state index is 11.3. The van der Waals surface area contributed by atoms with Crippen LogP contribution < -0.4 is 4.90 Å². The van der Waals surface area contributed by atoms with Crippen molar-refractivity contribution in [2.75, 3.05) is 28.6 Å². The molecule has 0 atom stereocenters. The predicted octanol–water partition coefficient (Wildman–Crippen LogP) is 3.41. The Bertz CT molecular complexity index is 519. The highest BCUT2D eigenvalue weighted by Crippen LogP contribution is 2.36. The lowest BCUT2D eigenvalue weighted by atomic mass is 10.1. The molecule has 1 aromatic carbocycles. The molecule has 0 N–H and O–H groups in total. The van der Waals surface area contributed by atoms with Gasteiger partial charge in [-0.05, 0) is 13.0 Å². The van der Waals surface area contributed by atoms with E-state index in [1.54, 1.807) is 0 Å². The average molecular weight is 411 g/mol. The van der Waals surface area contributed by atoms with E-state index in [0.717, 1.165) is 0 Å². The largest absolute Gasteiger partial charge is 0.364 e. The maximum Gasteiger partial charge on any atom is 0.302 e. The van der Waals surface area contributed by atoms with E-state index in [0.29, 0.717) is 29.4 Å². The minimum Gasteiger partial charge on any atom is -0.364 e. The van der Waals surface area contributed by atoms with Crippen LogP contribution in [0.3, 0.4) is 0 Å². The van der Waals surface area contributed by atoms with Crippen molar-refractivity contribution in [3.63, 3.8) is 0 Å². The highest BCUT2D eigenvalue weighted by Gasteiger charge is 2.28. The molecule has 20 heavy (non-hydrogen) atoms. The third-order valence-corrected chi connectivity index (χ3v) is 3.52. The SMILES string of the molecule is Cc1c([N+](=O)[O-])ccc(N(CCBr)CCBr)c1[N+](=O)[O-]. The lowest BCUT2D eigenvalue weighted by Crippen LogP contribution is -2.28. The fourth-order valence-electron chi connectivity index (χ4n) is 1.92. The van der Waals surface area contributed by atoms with E-state index < -0.39 is 9.85 Å². The normalized spacial score (nSPS) is 10.3. The molecular weight excluding hydrogens is 398 g/mol. The molecule has 0 aliphatic heterocycles. The maximum absolute atomic E-state index is 11.3. The van der Waals surface area contributed by atoms with Crippen molar-refractivity contribution in [1.29, 1.82) is 0 Å². The minimum atomic E-state index is -0.606. The number of alkyl halides is 2. The van der Waals surface area contributed by atoms with E-state index in [4.69, 9.17) is 0 Å². The van der Waals surface area contributed by atoms with Gasteiger partial charge in [0.25, 0.3) is 5.69 Å². The van der Waals surface area contributed by atoms with Crippen LogP contribution in [-0.4, -0.2) is 33.6 Å². The quantitative estimate of drug-likeness (QED) is 0.390. The number of hydrogen-bond donors (Lipinski definition) is 0. The van der Waals surface area contributed by atoms with Crippen molar-refractivity contribution in [2.45, 2.75) is 6.92 Å². The van der Waals surface area contributed by atoms with E-state index >= 15 is 0 Å². The van der Waals surface area contributed by atoms with Gasteiger partial charge in [0.15, 0.2) is 0 Å². The fourth-order valence-corrected chi connectivity index (χ4v) is 2.77. The zero-order chi connectivity index (χ0) is 15.3. The van der Waals surface area contributed by atoms with Crippen LogP contribution >= 0.6 is 31.9 Å². The molecule has 0 aromatic heterocycles. The van der Waals surface area contributed by atoms with E-state index in [-0.39, 0.29) is 16.9 Å². The summed E-state index contributed by atoms with van der Waals surface area (Å²) in [6, 6.07) is 2.75. The summed E-state index contributed by atoms with van der Waals surface area (Å²) in [4.78, 5) is 22.8. The number of nitro groups is 2. The summed E-state index contributed by atoms with van der Waals surface area (Å²) in [5.74, 6) is 0. The Balaban J connectivity index is 3.42. The van der Waals surface area contributed by atoms with Crippen LogP contribution in [0.1, 0.15) is 5.56 Å². The molecular formula is C11H13Br2N3O4. The molecule has 0 saturated heterocycles. The van der Waals surface area contributed by atoms with Gasteiger partial charge in [0, 0.05) is 29.8 Å². The molecule has 0 bridgehead atoms. The average Bonchev–Trinajstić information content (AvgIpc) is 2.37. The smallest absolute Gasteiger partial charge is 0.302 e. The zero-order valence-electron chi connectivity index (χ0n) is 10.7. The van der Waals surface area contributed by atoms with Crippen LogP contribution in [0.5, 0.6) is 0 Å². The van der Waals surface area contributed by atoms with Crippen LogP contribution in [0, 0.1) is 27.2 Å². The molecule has 110 valence electrons. The lowest BCUT2D eigenvalue weighted by Gasteiger charge is -2.23. The summed E-state index contributed by atoms with van der Waals surface area (Å²) < 4.78 is 0. The predicted molar refractivity (Wildman–Crippen MR) is 84.3 cm³/mol. The Morgan fingerprint density at radius 2 is 1.65 bits per heavy atom. The van der Waals surface area contributed by atoms with Gasteiger partial charge >= 0.3 is 5.69 Å². The highest BCUT2D eigenvalue weighted by molar-refractivity contribution is 9.09. The van der Waals surface area contributed by atoms with Crippen LogP contribution in [-0.2, 0) is 0 Å². The number of anilines is 1. The first-order valence-electron chi connectivity index (χ1n) is 5.73. The van der Waals surface area contributed by atoms with Gasteiger partial charge in [0.1, 0.15) is 11.3 Å². The molecule has 0 saturated carbocycles. The van der Waals surface area contributed by atoms with Crippen molar-refractivity contribution in [2.24, 2.45) is 0 Å². The van der Waals surface area contributed by atoms with Gasteiger partial charge in [-0.1, -0.05) is 31.9 Å². The zero-order valence-corrected chi connectivity index (χ0v) is 13.9. The summed E-state index contributed by atoms with van der Waals surface area (Å²) in [7, 11) is 0. The molecule has 1 rings (SSSR count). The van der Waals surface area contributed by atoms with Gasteiger partial charge in [-0.3, -0.25) is 20.2 Å². The Labute approximate surface area is 132 Å². The van der Waals surface area contributed by atoms with Crippen molar-refractivity contribution in [3.05, 3.63) is 37.9 Å². The second kappa shape index (κ2) is 7.53. The monoisotopic (exact) mass is 409 g/mol. The lowest BCUT2D eigenvalue weighted by molar-refractivity contribution is -0.394. The molecule has 0 unspecified atom stereocenters. The van der Waals surface area contributed by atoms with Gasteiger partial charge < -0.3 is 4.90 Å². The number of halogens is 2. The molecule has 0 fully saturated rings. The molecule has 0 aliphatic carbocycles. The summed E-state index contributed by atoms with van der Waals surface area (Å²) in [6.45, 7) is 2.55. The standard InChI is InChI=1S/C11H13Br2N3O4/c1-8-9(15(17)18)2-3-10(11(8)16(19)20)14(6-4-12)7-5-13/h2-3H,4-7H2,1H3. The van der Waals surface area contributed by atoms with Gasteiger partial charge in [-0.15, -0.1) is 0 Å². The summed E-state index contributed by atoms with van der Waals surface area (Å²) >= 11 is 6.60. The van der Waals surface area contributed by atoms with Crippen molar-refractivity contribution in [3.8, 4) is 0 Å². The van der Waals surface area contributed by atoms with E-state index in [1.807, 2.05) is 4.90 Å². The second-order valence-electron chi connectivity index (χ2n) is 3.96. The third kappa shape index (κ3) is 3.66. The Kier molecular flexibility index (Phi) is 6.34. The first-order chi connectivity index (χ1) is 9.43. The van der Waals surface area contributed by atoms with Gasteiger partial charge in [-0.2, -0.15) is 0 Å². The molecule has 0 amide bonds. The molecule has 7 nitrogen and oxygen atoms in total. The summed E-state index contributed by atoms with van der Waals surface area (Å²) in [5.41, 5.74) is 0.0304. The van der Waals surface area contributed by atoms with E-state index in [2.05, 4.69) is 31.9 Å². The fraction of sp³-hybridized carbons (Fsp3) is 0.455. The third-order valence-electron chi connectivity index (χ3n) is 2.81. The van der Waals surface area contributed by atoms with Crippen LogP contribution in [0.25, 0.3) is 0 Å². The van der Waals surface area contributed by atoms with E-state index in [9.17, 15) is 20.2 Å². The first-order valence-corrected chi connectivity index (χ1v) is 7.97. The van der Waals surface area contributed by atoms with Gasteiger partial charge in [0.05, 0.1) is 9.85 Å². The Morgan fingerprint density at radius 3 is 2.05 bits per heavy atom. The van der Waals surface area contributed by atoms with Gasteiger partial charge in [-0.25, -0.2) is 0 Å². The summed E-state index contributed by atoms with van der Waals surface area (Å²) in [5, 5.41) is 23.4. The molecule has 1 aromatic rings. The number of hydrogen-bond acceptors (Lipinski definition) is 5. The number of nitrogens with zero attached hydrogens (tertiary/aromatic N) is 3. The van der Waals surface area contributed by atoms with Crippen LogP contribution in [0.4, 0.5) is 17.1 Å². The van der Waals surface area contributed by atoms with Crippen molar-refractivity contribution in [1.82, 2.24) is 0 Å². The minimum absolute atomic E-state index is 0.0756. The van der Waals surface area contributed by atoms with Crippen LogP contribution in [0.2, 0.25) is 0 Å². The number of nitro benzene ring substituents is 2. The first kappa shape index (κ1) is 16.8. The number of rotatable bonds is 7. The van der Waals surface area contributed by atoms with Crippen LogP contribution in [0.15, 0.2) is 12.1 Å². The summed E-state index contributed by atoms with van der Waals surface area (Å²) in [6.07, 6.45) is 0. The van der Waals surface area contributed by atoms with Gasteiger partial charge in [0.2, 0.25) is 0 Å².